The van der Waals surface area contributed by atoms with Gasteiger partial charge in [-0.15, -0.1) is 0 Å². The van der Waals surface area contributed by atoms with Gasteiger partial charge in [-0.2, -0.15) is 0 Å². The number of phenolic OH excluding ortho intramolecular Hbond substituents is 2. The van der Waals surface area contributed by atoms with E-state index < -0.39 is 11.4 Å². The summed E-state index contributed by atoms with van der Waals surface area (Å²) >= 11 is 0. The fraction of sp³-hybridized carbons (Fsp3) is 0. The molecule has 2 N–H and O–H groups in total. The molecule has 0 aliphatic rings. The highest BCUT2D eigenvalue weighted by Gasteiger charge is 2.07. The van der Waals surface area contributed by atoms with Gasteiger partial charge < -0.3 is 19.0 Å². The molecule has 0 saturated heterocycles. The average molecular weight is 246 g/mol. The lowest BCUT2D eigenvalue weighted by Gasteiger charge is -1.99. The van der Waals surface area contributed by atoms with E-state index >= 15 is 0 Å². The minimum atomic E-state index is -0.562. The van der Waals surface area contributed by atoms with Crippen molar-refractivity contribution in [2.75, 3.05) is 0 Å². The molecule has 92 valence electrons. The molecule has 0 bridgehead atoms. The van der Waals surface area contributed by atoms with E-state index in [4.69, 9.17) is 9.52 Å². The molecule has 5 heteroatoms. The van der Waals surface area contributed by atoms with Crippen molar-refractivity contribution in [2.24, 2.45) is 0 Å². The molecule has 5 nitrogen and oxygen atoms in total. The summed E-state index contributed by atoms with van der Waals surface area (Å²) in [6.45, 7) is 0. The Labute approximate surface area is 102 Å². The molecular formula is C13H10O5. The van der Waals surface area contributed by atoms with E-state index in [9.17, 15) is 9.90 Å². The third-order valence-electron chi connectivity index (χ3n) is 2.17. The van der Waals surface area contributed by atoms with Crippen molar-refractivity contribution in [3.63, 3.8) is 0 Å². The van der Waals surface area contributed by atoms with Crippen LogP contribution in [-0.2, 0) is 0 Å². The Morgan fingerprint density at radius 1 is 0.944 bits per heavy atom. The highest BCUT2D eigenvalue weighted by atomic mass is 16.4. The van der Waals surface area contributed by atoms with E-state index in [0.29, 0.717) is 5.39 Å². The van der Waals surface area contributed by atoms with E-state index in [1.54, 1.807) is 18.6 Å². The van der Waals surface area contributed by atoms with Crippen LogP contribution < -0.4 is 5.63 Å². The van der Waals surface area contributed by atoms with Gasteiger partial charge in [0.15, 0.2) is 11.3 Å². The quantitative estimate of drug-likeness (QED) is 0.470. The van der Waals surface area contributed by atoms with E-state index in [2.05, 4.69) is 4.42 Å². The van der Waals surface area contributed by atoms with Gasteiger partial charge in [-0.05, 0) is 30.3 Å². The first-order valence-corrected chi connectivity index (χ1v) is 5.10. The van der Waals surface area contributed by atoms with Crippen LogP contribution in [0.1, 0.15) is 0 Å². The summed E-state index contributed by atoms with van der Waals surface area (Å²) in [6, 6.07) is 9.31. The van der Waals surface area contributed by atoms with E-state index in [0.717, 1.165) is 0 Å². The van der Waals surface area contributed by atoms with Crippen molar-refractivity contribution in [2.45, 2.75) is 0 Å². The van der Waals surface area contributed by atoms with Gasteiger partial charge >= 0.3 is 5.63 Å². The van der Waals surface area contributed by atoms with Crippen LogP contribution >= 0.6 is 0 Å². The number of hydrogen-bond acceptors (Lipinski definition) is 5. The fourth-order valence-electron chi connectivity index (χ4n) is 1.33. The third kappa shape index (κ3) is 2.52. The average Bonchev–Trinajstić information content (AvgIpc) is 2.93. The highest BCUT2D eigenvalue weighted by Crippen LogP contribution is 2.31. The largest absolute Gasteiger partial charge is 0.504 e. The van der Waals surface area contributed by atoms with E-state index in [-0.39, 0.29) is 11.3 Å². The van der Waals surface area contributed by atoms with Gasteiger partial charge in [0.25, 0.3) is 0 Å². The van der Waals surface area contributed by atoms with Crippen LogP contribution in [0.3, 0.4) is 0 Å². The summed E-state index contributed by atoms with van der Waals surface area (Å²) < 4.78 is 9.29. The molecule has 18 heavy (non-hydrogen) atoms. The number of fused-ring (bicyclic) bond motifs is 1. The van der Waals surface area contributed by atoms with Gasteiger partial charge in [0, 0.05) is 11.5 Å². The molecule has 0 saturated carbocycles. The second kappa shape index (κ2) is 5.09. The van der Waals surface area contributed by atoms with Crippen molar-refractivity contribution >= 4 is 11.0 Å². The standard InChI is InChI=1S/C9H6O4.C4H4O/c10-6-3-1-5-2-4-7(11)13-9(5)8(6)12;1-2-4-5-3-1/h1-4,10,12H;1-4H. The van der Waals surface area contributed by atoms with Gasteiger partial charge in [-0.1, -0.05) is 0 Å². The summed E-state index contributed by atoms with van der Waals surface area (Å²) in [5, 5.41) is 19.0. The zero-order chi connectivity index (χ0) is 13.0. The van der Waals surface area contributed by atoms with Crippen molar-refractivity contribution in [3.8, 4) is 11.5 Å². The van der Waals surface area contributed by atoms with Crippen LogP contribution in [0.15, 0.2) is 62.6 Å². The van der Waals surface area contributed by atoms with Crippen LogP contribution in [0, 0.1) is 0 Å². The molecule has 0 spiro atoms. The maximum absolute atomic E-state index is 10.8. The Hall–Kier alpha value is -2.69. The Kier molecular flexibility index (Phi) is 3.33. The Morgan fingerprint density at radius 2 is 1.61 bits per heavy atom. The van der Waals surface area contributed by atoms with Gasteiger partial charge in [0.1, 0.15) is 0 Å². The minimum Gasteiger partial charge on any atom is -0.504 e. The summed E-state index contributed by atoms with van der Waals surface area (Å²) in [7, 11) is 0. The molecule has 0 unspecified atom stereocenters. The summed E-state index contributed by atoms with van der Waals surface area (Å²) in [6.07, 6.45) is 3.25. The van der Waals surface area contributed by atoms with Gasteiger partial charge in [0.2, 0.25) is 5.75 Å². The first-order chi connectivity index (χ1) is 8.68. The molecule has 0 fully saturated rings. The molecule has 0 amide bonds. The summed E-state index contributed by atoms with van der Waals surface area (Å²) in [5.74, 6) is -0.711. The molecule has 1 aromatic carbocycles. The molecule has 0 aliphatic carbocycles. The molecule has 2 heterocycles. The van der Waals surface area contributed by atoms with Crippen molar-refractivity contribution in [3.05, 3.63) is 59.3 Å². The van der Waals surface area contributed by atoms with Gasteiger partial charge in [-0.3, -0.25) is 0 Å². The van der Waals surface area contributed by atoms with E-state index in [1.807, 2.05) is 12.1 Å². The minimum absolute atomic E-state index is 0.00694. The lowest BCUT2D eigenvalue weighted by molar-refractivity contribution is 0.397. The second-order valence-electron chi connectivity index (χ2n) is 3.40. The number of aromatic hydroxyl groups is 2. The van der Waals surface area contributed by atoms with E-state index in [1.165, 1.54) is 18.2 Å². The van der Waals surface area contributed by atoms with Crippen LogP contribution in [0.25, 0.3) is 11.0 Å². The topological polar surface area (TPSA) is 83.8 Å². The summed E-state index contributed by atoms with van der Waals surface area (Å²) in [5.41, 5.74) is -0.555. The predicted octanol–water partition coefficient (Wildman–Crippen LogP) is 2.48. The molecule has 0 atom stereocenters. The predicted molar refractivity (Wildman–Crippen MR) is 64.5 cm³/mol. The normalized spacial score (nSPS) is 9.78. The van der Waals surface area contributed by atoms with Crippen LogP contribution in [0.4, 0.5) is 0 Å². The van der Waals surface area contributed by atoms with Crippen molar-refractivity contribution in [1.82, 2.24) is 0 Å². The molecule has 0 radical (unpaired) electrons. The first-order valence-electron chi connectivity index (χ1n) is 5.10. The lowest BCUT2D eigenvalue weighted by Crippen LogP contribution is -1.94. The van der Waals surface area contributed by atoms with Crippen molar-refractivity contribution in [1.29, 1.82) is 0 Å². The summed E-state index contributed by atoms with van der Waals surface area (Å²) in [4.78, 5) is 10.8. The zero-order valence-corrected chi connectivity index (χ0v) is 9.24. The molecule has 0 aliphatic heterocycles. The third-order valence-corrected chi connectivity index (χ3v) is 2.17. The molecule has 3 rings (SSSR count). The molecule has 3 aromatic rings. The Bertz CT molecular complexity index is 665. The second-order valence-corrected chi connectivity index (χ2v) is 3.40. The number of rotatable bonds is 0. The van der Waals surface area contributed by atoms with Gasteiger partial charge in [0.05, 0.1) is 12.5 Å². The zero-order valence-electron chi connectivity index (χ0n) is 9.24. The fourth-order valence-corrected chi connectivity index (χ4v) is 1.33. The molecular weight excluding hydrogens is 236 g/mol. The number of benzene rings is 1. The highest BCUT2D eigenvalue weighted by molar-refractivity contribution is 5.84. The maximum Gasteiger partial charge on any atom is 0.336 e. The Balaban J connectivity index is 0.000000202. The monoisotopic (exact) mass is 246 g/mol. The SMILES string of the molecule is O=c1ccc2ccc(O)c(O)c2o1.c1ccoc1. The first kappa shape index (κ1) is 11.8. The lowest BCUT2D eigenvalue weighted by atomic mass is 10.2. The number of hydrogen-bond donors (Lipinski definition) is 2. The molecule has 2 aromatic heterocycles. The van der Waals surface area contributed by atoms with Crippen LogP contribution in [0.2, 0.25) is 0 Å². The number of furan rings is 1. The van der Waals surface area contributed by atoms with Crippen molar-refractivity contribution < 1.29 is 19.0 Å². The van der Waals surface area contributed by atoms with Crippen LogP contribution in [-0.4, -0.2) is 10.2 Å². The van der Waals surface area contributed by atoms with Crippen LogP contribution in [0.5, 0.6) is 11.5 Å². The maximum atomic E-state index is 10.8. The Morgan fingerprint density at radius 3 is 2.22 bits per heavy atom. The number of phenols is 2. The van der Waals surface area contributed by atoms with Gasteiger partial charge in [-0.25, -0.2) is 4.79 Å². The smallest absolute Gasteiger partial charge is 0.336 e.